The van der Waals surface area contributed by atoms with Crippen molar-refractivity contribution in [3.63, 3.8) is 0 Å². The summed E-state index contributed by atoms with van der Waals surface area (Å²) in [5.41, 5.74) is -1.71. The van der Waals surface area contributed by atoms with Gasteiger partial charge in [-0.2, -0.15) is 17.6 Å². The van der Waals surface area contributed by atoms with Gasteiger partial charge in [-0.3, -0.25) is 14.5 Å². The minimum atomic E-state index is -5.07. The molecule has 0 saturated heterocycles. The molecule has 122 valence electrons. The standard InChI is InChI=1S/C14H9F4NO3S/c1-2-22-13(21)8-6-4-3-5-7-9(6)19(12(8)20)10(11(15)23-7)14(16,17)18/h3-5,8H,2H2,1H3. The van der Waals surface area contributed by atoms with E-state index in [4.69, 9.17) is 4.74 Å². The molecule has 2 aliphatic heterocycles. The first-order valence-electron chi connectivity index (χ1n) is 6.55. The Morgan fingerprint density at radius 1 is 1.39 bits per heavy atom. The van der Waals surface area contributed by atoms with Crippen LogP contribution in [0.4, 0.5) is 23.2 Å². The van der Waals surface area contributed by atoms with Gasteiger partial charge in [-0.05, 0) is 13.0 Å². The Bertz CT molecular complexity index is 744. The van der Waals surface area contributed by atoms with Crippen LogP contribution >= 0.6 is 11.8 Å². The molecule has 1 unspecified atom stereocenters. The summed E-state index contributed by atoms with van der Waals surface area (Å²) in [4.78, 5) is 24.8. The smallest absolute Gasteiger partial charge is 0.435 e. The van der Waals surface area contributed by atoms with Crippen LogP contribution in [0.2, 0.25) is 0 Å². The van der Waals surface area contributed by atoms with E-state index in [0.717, 1.165) is 0 Å². The largest absolute Gasteiger partial charge is 0.465 e. The summed E-state index contributed by atoms with van der Waals surface area (Å²) in [5.74, 6) is -3.63. The fourth-order valence-corrected chi connectivity index (χ4v) is 3.56. The number of alkyl halides is 3. The molecule has 9 heteroatoms. The number of hydrogen-bond acceptors (Lipinski definition) is 4. The molecule has 23 heavy (non-hydrogen) atoms. The first-order valence-corrected chi connectivity index (χ1v) is 7.37. The van der Waals surface area contributed by atoms with Crippen LogP contribution in [0.5, 0.6) is 0 Å². The zero-order chi connectivity index (χ0) is 16.9. The SMILES string of the molecule is CCOC(=O)C1C(=O)N2C(C(F)(F)F)=C(F)Sc3cccc1c32. The lowest BCUT2D eigenvalue weighted by molar-refractivity contribution is -0.147. The van der Waals surface area contributed by atoms with Gasteiger partial charge in [-0.25, -0.2) is 0 Å². The van der Waals surface area contributed by atoms with Crippen molar-refractivity contribution in [2.75, 3.05) is 11.5 Å². The van der Waals surface area contributed by atoms with Gasteiger partial charge in [-0.1, -0.05) is 23.9 Å². The maximum Gasteiger partial charge on any atom is 0.435 e. The topological polar surface area (TPSA) is 46.6 Å². The third-order valence-electron chi connectivity index (χ3n) is 3.43. The van der Waals surface area contributed by atoms with Crippen LogP contribution < -0.4 is 4.90 Å². The number of hydrogen-bond donors (Lipinski definition) is 0. The van der Waals surface area contributed by atoms with E-state index in [1.54, 1.807) is 0 Å². The molecule has 0 aromatic heterocycles. The minimum absolute atomic E-state index is 0.0251. The lowest BCUT2D eigenvalue weighted by Gasteiger charge is -2.28. The molecule has 4 nitrogen and oxygen atoms in total. The highest BCUT2D eigenvalue weighted by Gasteiger charge is 2.54. The Hall–Kier alpha value is -2.03. The Morgan fingerprint density at radius 3 is 2.70 bits per heavy atom. The second-order valence-corrected chi connectivity index (χ2v) is 5.78. The summed E-state index contributed by atoms with van der Waals surface area (Å²) in [7, 11) is 0. The maximum atomic E-state index is 13.9. The second-order valence-electron chi connectivity index (χ2n) is 4.77. The van der Waals surface area contributed by atoms with Gasteiger partial charge in [0.15, 0.2) is 16.8 Å². The lowest BCUT2D eigenvalue weighted by atomic mass is 10.0. The van der Waals surface area contributed by atoms with Crippen molar-refractivity contribution in [3.8, 4) is 0 Å². The minimum Gasteiger partial charge on any atom is -0.465 e. The number of nitrogens with zero attached hydrogens (tertiary/aromatic N) is 1. The summed E-state index contributed by atoms with van der Waals surface area (Å²) in [5, 5.41) is -1.53. The molecular weight excluding hydrogens is 338 g/mol. The molecule has 2 aliphatic rings. The lowest BCUT2D eigenvalue weighted by Crippen LogP contribution is -2.38. The normalized spacial score (nSPS) is 20.0. The van der Waals surface area contributed by atoms with E-state index in [1.807, 2.05) is 0 Å². The molecule has 0 radical (unpaired) electrons. The van der Waals surface area contributed by atoms with Gasteiger partial charge in [0.1, 0.15) is 0 Å². The van der Waals surface area contributed by atoms with Crippen molar-refractivity contribution in [1.29, 1.82) is 0 Å². The molecule has 0 saturated carbocycles. The van der Waals surface area contributed by atoms with E-state index >= 15 is 0 Å². The first kappa shape index (κ1) is 15.9. The van der Waals surface area contributed by atoms with Crippen molar-refractivity contribution < 1.29 is 31.9 Å². The van der Waals surface area contributed by atoms with Gasteiger partial charge < -0.3 is 4.74 Å². The molecule has 1 aromatic rings. The van der Waals surface area contributed by atoms with E-state index < -0.39 is 34.8 Å². The van der Waals surface area contributed by atoms with Crippen LogP contribution in [0, 0.1) is 0 Å². The molecule has 2 heterocycles. The molecule has 1 atom stereocenters. The van der Waals surface area contributed by atoms with Crippen LogP contribution in [-0.2, 0) is 14.3 Å². The van der Waals surface area contributed by atoms with Gasteiger partial charge in [0.05, 0.1) is 12.3 Å². The summed E-state index contributed by atoms with van der Waals surface area (Å²) in [6.07, 6.45) is -5.07. The molecule has 1 aromatic carbocycles. The highest BCUT2D eigenvalue weighted by Crippen LogP contribution is 2.55. The molecule has 0 N–H and O–H groups in total. The zero-order valence-corrected chi connectivity index (χ0v) is 12.4. The number of carbonyl (C=O) groups is 2. The number of allylic oxidation sites excluding steroid dienone is 1. The average Bonchev–Trinajstić information content (AvgIpc) is 2.72. The Kier molecular flexibility index (Phi) is 3.62. The molecule has 0 fully saturated rings. The monoisotopic (exact) mass is 347 g/mol. The van der Waals surface area contributed by atoms with Crippen LogP contribution in [-0.4, -0.2) is 24.7 Å². The van der Waals surface area contributed by atoms with Crippen LogP contribution in [0.15, 0.2) is 34.0 Å². The quantitative estimate of drug-likeness (QED) is 0.467. The highest BCUT2D eigenvalue weighted by molar-refractivity contribution is 8.03. The molecule has 1 amide bonds. The van der Waals surface area contributed by atoms with Crippen LogP contribution in [0.1, 0.15) is 18.4 Å². The van der Waals surface area contributed by atoms with E-state index in [0.29, 0.717) is 0 Å². The van der Waals surface area contributed by atoms with E-state index in [-0.39, 0.29) is 39.4 Å². The molecule has 0 spiro atoms. The van der Waals surface area contributed by atoms with E-state index in [1.165, 1.54) is 25.1 Å². The summed E-state index contributed by atoms with van der Waals surface area (Å²) >= 11 is 0.281. The number of anilines is 1. The fraction of sp³-hybridized carbons (Fsp3) is 0.286. The van der Waals surface area contributed by atoms with Gasteiger partial charge in [0, 0.05) is 10.5 Å². The Balaban J connectivity index is 2.20. The Labute approximate surface area is 132 Å². The molecule has 3 rings (SSSR count). The highest BCUT2D eigenvalue weighted by atomic mass is 32.2. The number of esters is 1. The van der Waals surface area contributed by atoms with Gasteiger partial charge >= 0.3 is 12.1 Å². The predicted octanol–water partition coefficient (Wildman–Crippen LogP) is 3.49. The number of halogens is 4. The number of benzene rings is 1. The number of rotatable bonds is 2. The fourth-order valence-electron chi connectivity index (χ4n) is 2.61. The third-order valence-corrected chi connectivity index (χ3v) is 4.35. The zero-order valence-electron chi connectivity index (χ0n) is 11.6. The summed E-state index contributed by atoms with van der Waals surface area (Å²) in [6, 6.07) is 4.22. The molecular formula is C14H9F4NO3S. The Morgan fingerprint density at radius 2 is 2.09 bits per heavy atom. The first-order chi connectivity index (χ1) is 10.8. The van der Waals surface area contributed by atoms with E-state index in [9.17, 15) is 27.2 Å². The average molecular weight is 347 g/mol. The maximum absolute atomic E-state index is 13.9. The van der Waals surface area contributed by atoms with Gasteiger partial charge in [0.2, 0.25) is 0 Å². The summed E-state index contributed by atoms with van der Waals surface area (Å²) in [6.45, 7) is 1.49. The van der Waals surface area contributed by atoms with Crippen LogP contribution in [0.3, 0.4) is 0 Å². The molecule has 0 bridgehead atoms. The predicted molar refractivity (Wildman–Crippen MR) is 73.3 cm³/mol. The number of amides is 1. The van der Waals surface area contributed by atoms with E-state index in [2.05, 4.69) is 0 Å². The number of para-hydroxylation sites is 1. The van der Waals surface area contributed by atoms with Crippen molar-refractivity contribution >= 4 is 29.3 Å². The van der Waals surface area contributed by atoms with Crippen LogP contribution in [0.25, 0.3) is 0 Å². The van der Waals surface area contributed by atoms with Crippen molar-refractivity contribution in [3.05, 3.63) is 34.6 Å². The number of thioether (sulfide) groups is 1. The van der Waals surface area contributed by atoms with Crippen molar-refractivity contribution in [2.24, 2.45) is 0 Å². The van der Waals surface area contributed by atoms with Crippen molar-refractivity contribution in [1.82, 2.24) is 0 Å². The van der Waals surface area contributed by atoms with Gasteiger partial charge in [-0.15, -0.1) is 0 Å². The van der Waals surface area contributed by atoms with Gasteiger partial charge in [0.25, 0.3) is 5.91 Å². The second kappa shape index (κ2) is 5.26. The number of carbonyl (C=O) groups excluding carboxylic acids is 2. The summed E-state index contributed by atoms with van der Waals surface area (Å²) < 4.78 is 58.2. The molecule has 0 aliphatic carbocycles. The third kappa shape index (κ3) is 2.30. The number of ether oxygens (including phenoxy) is 1. The van der Waals surface area contributed by atoms with Crippen molar-refractivity contribution in [2.45, 2.75) is 23.9 Å².